The lowest BCUT2D eigenvalue weighted by Gasteiger charge is -2.22. The van der Waals surface area contributed by atoms with E-state index in [-0.39, 0.29) is 17.4 Å². The number of ether oxygens (including phenoxy) is 1. The van der Waals surface area contributed by atoms with Gasteiger partial charge < -0.3 is 9.84 Å². The van der Waals surface area contributed by atoms with E-state index in [0.717, 1.165) is 5.56 Å². The van der Waals surface area contributed by atoms with Crippen LogP contribution in [0.4, 0.5) is 0 Å². The maximum absolute atomic E-state index is 12.7. The molecule has 1 aromatic carbocycles. The van der Waals surface area contributed by atoms with Crippen molar-refractivity contribution in [2.24, 2.45) is 0 Å². The molecule has 0 aromatic heterocycles. The second-order valence-corrected chi connectivity index (χ2v) is 7.52. The minimum Gasteiger partial charge on any atom is -0.481 e. The Hall–Kier alpha value is -1.44. The summed E-state index contributed by atoms with van der Waals surface area (Å²) < 4.78 is 33.2. The molecule has 1 rings (SSSR count). The molecule has 1 aromatic rings. The van der Waals surface area contributed by atoms with Crippen LogP contribution < -0.4 is 4.72 Å². The number of aryl methyl sites for hydroxylation is 2. The molecule has 2 atom stereocenters. The number of nitrogens with one attached hydrogen (secondary N) is 1. The number of sulfonamides is 1. The minimum absolute atomic E-state index is 0.148. The highest BCUT2D eigenvalue weighted by Gasteiger charge is 2.26. The summed E-state index contributed by atoms with van der Waals surface area (Å²) >= 11 is 0. The van der Waals surface area contributed by atoms with Gasteiger partial charge in [0.25, 0.3) is 0 Å². The van der Waals surface area contributed by atoms with Gasteiger partial charge in [-0.05, 0) is 56.9 Å². The highest BCUT2D eigenvalue weighted by molar-refractivity contribution is 7.89. The van der Waals surface area contributed by atoms with E-state index in [1.165, 1.54) is 7.11 Å². The second kappa shape index (κ2) is 7.42. The largest absolute Gasteiger partial charge is 0.481 e. The van der Waals surface area contributed by atoms with Crippen molar-refractivity contribution >= 4 is 16.0 Å². The molecule has 1 unspecified atom stereocenters. The number of aliphatic carboxylic acids is 1. The highest BCUT2D eigenvalue weighted by atomic mass is 32.2. The lowest BCUT2D eigenvalue weighted by Crippen LogP contribution is -2.41. The maximum Gasteiger partial charge on any atom is 0.307 e. The third kappa shape index (κ3) is 4.53. The summed E-state index contributed by atoms with van der Waals surface area (Å²) in [4.78, 5) is 11.2. The van der Waals surface area contributed by atoms with E-state index in [9.17, 15) is 13.2 Å². The summed E-state index contributed by atoms with van der Waals surface area (Å²) in [6.07, 6.45) is -0.487. The Kier molecular flexibility index (Phi) is 6.33. The molecule has 0 radical (unpaired) electrons. The molecule has 0 heterocycles. The van der Waals surface area contributed by atoms with Gasteiger partial charge in [0.15, 0.2) is 0 Å². The van der Waals surface area contributed by atoms with Crippen molar-refractivity contribution in [1.29, 1.82) is 0 Å². The fourth-order valence-electron chi connectivity index (χ4n) is 2.65. The lowest BCUT2D eigenvalue weighted by atomic mass is 9.97. The van der Waals surface area contributed by atoms with Crippen molar-refractivity contribution in [3.63, 3.8) is 0 Å². The monoisotopic (exact) mass is 343 g/mol. The van der Waals surface area contributed by atoms with Crippen molar-refractivity contribution in [3.8, 4) is 0 Å². The number of carboxylic acids is 1. The summed E-state index contributed by atoms with van der Waals surface area (Å²) in [5.74, 6) is -0.988. The summed E-state index contributed by atoms with van der Waals surface area (Å²) in [6, 6.07) is 1.30. The molecule has 0 amide bonds. The lowest BCUT2D eigenvalue weighted by molar-refractivity contribution is -0.136. The standard InChI is InChI=1S/C16H25NO5S/c1-9-7-10(2)16(11(3)14(9)8-15(18)19)23(20,21)17-12(4)13(5)22-6/h7,12-13,17H,8H2,1-6H3,(H,18,19)/t12-,13?/m0/s1. The smallest absolute Gasteiger partial charge is 0.307 e. The van der Waals surface area contributed by atoms with Gasteiger partial charge >= 0.3 is 5.97 Å². The zero-order chi connectivity index (χ0) is 17.9. The van der Waals surface area contributed by atoms with Crippen LogP contribution in [0.5, 0.6) is 0 Å². The van der Waals surface area contributed by atoms with Crippen molar-refractivity contribution in [3.05, 3.63) is 28.3 Å². The van der Waals surface area contributed by atoms with E-state index in [0.29, 0.717) is 16.7 Å². The van der Waals surface area contributed by atoms with Crippen molar-refractivity contribution in [1.82, 2.24) is 4.72 Å². The first kappa shape index (κ1) is 19.6. The molecular weight excluding hydrogens is 318 g/mol. The first-order valence-electron chi connectivity index (χ1n) is 7.37. The molecule has 0 aliphatic rings. The molecule has 0 aliphatic heterocycles. The Labute approximate surface area is 137 Å². The number of hydrogen-bond acceptors (Lipinski definition) is 4. The van der Waals surface area contributed by atoms with Crippen LogP contribution in [0.3, 0.4) is 0 Å². The van der Waals surface area contributed by atoms with Crippen LogP contribution in [0.2, 0.25) is 0 Å². The topological polar surface area (TPSA) is 92.7 Å². The van der Waals surface area contributed by atoms with Crippen LogP contribution in [0.1, 0.15) is 36.1 Å². The molecule has 0 aliphatic carbocycles. The highest BCUT2D eigenvalue weighted by Crippen LogP contribution is 2.27. The molecule has 0 bridgehead atoms. The van der Waals surface area contributed by atoms with Gasteiger partial charge in [0.1, 0.15) is 0 Å². The van der Waals surface area contributed by atoms with Gasteiger partial charge in [-0.25, -0.2) is 13.1 Å². The van der Waals surface area contributed by atoms with Crippen LogP contribution in [-0.4, -0.2) is 38.7 Å². The average Bonchev–Trinajstić information content (AvgIpc) is 2.40. The van der Waals surface area contributed by atoms with Crippen LogP contribution in [0, 0.1) is 20.8 Å². The first-order valence-corrected chi connectivity index (χ1v) is 8.86. The van der Waals surface area contributed by atoms with Gasteiger partial charge in [-0.1, -0.05) is 6.07 Å². The van der Waals surface area contributed by atoms with E-state index < -0.39 is 22.0 Å². The number of hydrogen-bond donors (Lipinski definition) is 2. The first-order chi connectivity index (χ1) is 10.5. The van der Waals surface area contributed by atoms with Gasteiger partial charge in [-0.2, -0.15) is 0 Å². The van der Waals surface area contributed by atoms with E-state index >= 15 is 0 Å². The zero-order valence-electron chi connectivity index (χ0n) is 14.4. The van der Waals surface area contributed by atoms with Crippen molar-refractivity contribution < 1.29 is 23.1 Å². The van der Waals surface area contributed by atoms with Crippen LogP contribution >= 0.6 is 0 Å². The number of methoxy groups -OCH3 is 1. The quantitative estimate of drug-likeness (QED) is 0.789. The van der Waals surface area contributed by atoms with E-state index in [2.05, 4.69) is 4.72 Å². The number of carboxylic acid groups (broad SMARTS) is 1. The Morgan fingerprint density at radius 3 is 2.30 bits per heavy atom. The third-order valence-corrected chi connectivity index (χ3v) is 5.92. The molecule has 0 saturated carbocycles. The average molecular weight is 343 g/mol. The predicted molar refractivity (Wildman–Crippen MR) is 88.2 cm³/mol. The van der Waals surface area contributed by atoms with Crippen LogP contribution in [-0.2, 0) is 26.0 Å². The molecule has 7 heteroatoms. The fourth-order valence-corrected chi connectivity index (χ4v) is 4.45. The van der Waals surface area contributed by atoms with E-state index in [4.69, 9.17) is 9.84 Å². The zero-order valence-corrected chi connectivity index (χ0v) is 15.2. The molecule has 2 N–H and O–H groups in total. The summed E-state index contributed by atoms with van der Waals surface area (Å²) in [5.41, 5.74) is 2.39. The van der Waals surface area contributed by atoms with Gasteiger partial charge in [0.05, 0.1) is 17.4 Å². The molecule has 0 spiro atoms. The normalized spacial score (nSPS) is 14.5. The second-order valence-electron chi connectivity index (χ2n) is 5.86. The molecule has 130 valence electrons. The van der Waals surface area contributed by atoms with Crippen LogP contribution in [0.15, 0.2) is 11.0 Å². The van der Waals surface area contributed by atoms with Crippen LogP contribution in [0.25, 0.3) is 0 Å². The van der Waals surface area contributed by atoms with Crippen molar-refractivity contribution in [2.45, 2.75) is 58.1 Å². The Morgan fingerprint density at radius 1 is 1.26 bits per heavy atom. The molecule has 0 fully saturated rings. The van der Waals surface area contributed by atoms with Gasteiger partial charge in [-0.3, -0.25) is 4.79 Å². The van der Waals surface area contributed by atoms with E-state index in [1.807, 2.05) is 0 Å². The Bertz CT molecular complexity index is 697. The molecule has 6 nitrogen and oxygen atoms in total. The summed E-state index contributed by atoms with van der Waals surface area (Å²) in [6.45, 7) is 8.65. The predicted octanol–water partition coefficient (Wildman–Crippen LogP) is 1.94. The van der Waals surface area contributed by atoms with Crippen molar-refractivity contribution in [2.75, 3.05) is 7.11 Å². The fraction of sp³-hybridized carbons (Fsp3) is 0.562. The van der Waals surface area contributed by atoms with Gasteiger partial charge in [-0.15, -0.1) is 0 Å². The van der Waals surface area contributed by atoms with Gasteiger partial charge in [0.2, 0.25) is 10.0 Å². The number of benzene rings is 1. The van der Waals surface area contributed by atoms with Gasteiger partial charge in [0, 0.05) is 13.2 Å². The third-order valence-electron chi connectivity index (χ3n) is 4.07. The SMILES string of the molecule is COC(C)[C@H](C)NS(=O)(=O)c1c(C)cc(C)c(CC(=O)O)c1C. The number of rotatable bonds is 7. The number of carbonyl (C=O) groups is 1. The maximum atomic E-state index is 12.7. The summed E-state index contributed by atoms with van der Waals surface area (Å²) in [5, 5.41) is 9.05. The van der Waals surface area contributed by atoms with E-state index in [1.54, 1.807) is 40.7 Å². The Morgan fingerprint density at radius 2 is 1.83 bits per heavy atom. The summed E-state index contributed by atoms with van der Waals surface area (Å²) in [7, 11) is -2.26. The Balaban J connectivity index is 3.38. The molecule has 0 saturated heterocycles. The minimum atomic E-state index is -3.77. The molecule has 23 heavy (non-hydrogen) atoms. The molecular formula is C16H25NO5S.